The minimum absolute atomic E-state index is 0.0693. The van der Waals surface area contributed by atoms with E-state index in [-0.39, 0.29) is 41.4 Å². The van der Waals surface area contributed by atoms with E-state index in [0.29, 0.717) is 0 Å². The standard InChI is InChI=1S/C15H15F2N5O4/c1-24-9-4-2-3-8(12(9)26-13(16)17)5-6-11(23)25-7-10-20-14(18)22-15(19)21-10/h2-6,13H,7H2,1H3,(H4,18,19,20,21,22)/b6-5+. The van der Waals surface area contributed by atoms with Gasteiger partial charge in [0.2, 0.25) is 11.9 Å². The lowest BCUT2D eigenvalue weighted by molar-refractivity contribution is -0.139. The van der Waals surface area contributed by atoms with Gasteiger partial charge in [-0.05, 0) is 12.1 Å². The molecular weight excluding hydrogens is 352 g/mol. The number of methoxy groups -OCH3 is 1. The molecule has 0 amide bonds. The lowest BCUT2D eigenvalue weighted by Gasteiger charge is -2.12. The summed E-state index contributed by atoms with van der Waals surface area (Å²) in [7, 11) is 1.31. The summed E-state index contributed by atoms with van der Waals surface area (Å²) in [6, 6.07) is 4.47. The van der Waals surface area contributed by atoms with Crippen LogP contribution >= 0.6 is 0 Å². The van der Waals surface area contributed by atoms with Crippen LogP contribution in [0.25, 0.3) is 6.08 Å². The van der Waals surface area contributed by atoms with E-state index < -0.39 is 12.6 Å². The Morgan fingerprint density at radius 3 is 2.54 bits per heavy atom. The largest absolute Gasteiger partial charge is 0.493 e. The van der Waals surface area contributed by atoms with Crippen molar-refractivity contribution in [2.75, 3.05) is 18.6 Å². The molecule has 0 spiro atoms. The third-order valence-corrected chi connectivity index (χ3v) is 2.90. The van der Waals surface area contributed by atoms with Crippen molar-refractivity contribution in [3.8, 4) is 11.5 Å². The zero-order chi connectivity index (χ0) is 19.1. The molecule has 138 valence electrons. The van der Waals surface area contributed by atoms with Crippen molar-refractivity contribution in [3.63, 3.8) is 0 Å². The zero-order valence-electron chi connectivity index (χ0n) is 13.6. The molecule has 0 aliphatic carbocycles. The summed E-state index contributed by atoms with van der Waals surface area (Å²) in [5.41, 5.74) is 11.0. The van der Waals surface area contributed by atoms with Gasteiger partial charge in [-0.25, -0.2) is 4.79 Å². The predicted molar refractivity (Wildman–Crippen MR) is 87.1 cm³/mol. The highest BCUT2D eigenvalue weighted by atomic mass is 19.3. The average molecular weight is 367 g/mol. The normalized spacial score (nSPS) is 10.9. The number of hydrogen-bond donors (Lipinski definition) is 2. The van der Waals surface area contributed by atoms with E-state index in [2.05, 4.69) is 19.7 Å². The lowest BCUT2D eigenvalue weighted by atomic mass is 10.1. The Balaban J connectivity index is 2.07. The molecule has 2 rings (SSSR count). The number of aromatic nitrogens is 3. The third kappa shape index (κ3) is 5.26. The maximum Gasteiger partial charge on any atom is 0.387 e. The maximum absolute atomic E-state index is 12.6. The van der Waals surface area contributed by atoms with Gasteiger partial charge in [-0.1, -0.05) is 12.1 Å². The number of nitrogens with two attached hydrogens (primary N) is 2. The highest BCUT2D eigenvalue weighted by Gasteiger charge is 2.14. The SMILES string of the molecule is COc1cccc(/C=C/C(=O)OCc2nc(N)nc(N)n2)c1OC(F)F. The summed E-state index contributed by atoms with van der Waals surface area (Å²) in [6.07, 6.45) is 2.28. The number of alkyl halides is 2. The molecule has 2 aromatic rings. The number of rotatable bonds is 7. The van der Waals surface area contributed by atoms with Crippen molar-refractivity contribution < 1.29 is 27.8 Å². The first-order chi connectivity index (χ1) is 12.4. The van der Waals surface area contributed by atoms with Crippen LogP contribution < -0.4 is 20.9 Å². The number of benzene rings is 1. The number of halogens is 2. The second kappa shape index (κ2) is 8.55. The fraction of sp³-hybridized carbons (Fsp3) is 0.200. The molecule has 9 nitrogen and oxygen atoms in total. The monoisotopic (exact) mass is 367 g/mol. The zero-order valence-corrected chi connectivity index (χ0v) is 13.6. The van der Waals surface area contributed by atoms with Gasteiger partial charge in [0.25, 0.3) is 0 Å². The number of anilines is 2. The first-order valence-corrected chi connectivity index (χ1v) is 7.11. The minimum Gasteiger partial charge on any atom is -0.493 e. The van der Waals surface area contributed by atoms with Crippen molar-refractivity contribution in [1.82, 2.24) is 15.0 Å². The van der Waals surface area contributed by atoms with E-state index in [1.165, 1.54) is 25.3 Å². The molecule has 1 aromatic carbocycles. The quantitative estimate of drug-likeness (QED) is 0.550. The molecule has 0 aliphatic rings. The number of para-hydroxylation sites is 1. The summed E-state index contributed by atoms with van der Waals surface area (Å²) in [4.78, 5) is 22.9. The number of ether oxygens (including phenoxy) is 3. The van der Waals surface area contributed by atoms with Gasteiger partial charge in [-0.3, -0.25) is 0 Å². The number of nitrogens with zero attached hydrogens (tertiary/aromatic N) is 3. The molecule has 1 heterocycles. The van der Waals surface area contributed by atoms with Gasteiger partial charge in [0.15, 0.2) is 23.9 Å². The molecule has 0 saturated heterocycles. The highest BCUT2D eigenvalue weighted by Crippen LogP contribution is 2.33. The van der Waals surface area contributed by atoms with Gasteiger partial charge in [-0.2, -0.15) is 23.7 Å². The number of carbonyl (C=O) groups is 1. The fourth-order valence-electron chi connectivity index (χ4n) is 1.90. The number of nitrogen functional groups attached to an aromatic ring is 2. The molecule has 11 heteroatoms. The molecule has 0 aliphatic heterocycles. The Labute approximate surface area is 146 Å². The van der Waals surface area contributed by atoms with E-state index >= 15 is 0 Å². The molecule has 0 unspecified atom stereocenters. The van der Waals surface area contributed by atoms with Crippen LogP contribution in [0.15, 0.2) is 24.3 Å². The number of hydrogen-bond acceptors (Lipinski definition) is 9. The summed E-state index contributed by atoms with van der Waals surface area (Å²) in [5.74, 6) is -1.02. The highest BCUT2D eigenvalue weighted by molar-refractivity contribution is 5.87. The Kier molecular flexibility index (Phi) is 6.20. The molecular formula is C15H15F2N5O4. The van der Waals surface area contributed by atoms with Crippen LogP contribution in [0, 0.1) is 0 Å². The molecule has 1 aromatic heterocycles. The second-order valence-electron chi connectivity index (χ2n) is 4.67. The van der Waals surface area contributed by atoms with Crippen LogP contribution in [0.2, 0.25) is 0 Å². The summed E-state index contributed by atoms with van der Waals surface area (Å²) < 4.78 is 39.4. The van der Waals surface area contributed by atoms with Crippen LogP contribution in [0.3, 0.4) is 0 Å². The van der Waals surface area contributed by atoms with Crippen molar-refractivity contribution in [2.45, 2.75) is 13.2 Å². The summed E-state index contributed by atoms with van der Waals surface area (Å²) in [6.45, 7) is -3.34. The lowest BCUT2D eigenvalue weighted by Crippen LogP contribution is -2.09. The average Bonchev–Trinajstić information content (AvgIpc) is 2.57. The van der Waals surface area contributed by atoms with Crippen molar-refractivity contribution in [3.05, 3.63) is 35.7 Å². The molecule has 4 N–H and O–H groups in total. The maximum atomic E-state index is 12.6. The van der Waals surface area contributed by atoms with Gasteiger partial charge in [0.05, 0.1) is 7.11 Å². The Hall–Kier alpha value is -3.50. The second-order valence-corrected chi connectivity index (χ2v) is 4.67. The third-order valence-electron chi connectivity index (χ3n) is 2.90. The summed E-state index contributed by atoms with van der Waals surface area (Å²) in [5, 5.41) is 0. The molecule has 0 fully saturated rings. The fourth-order valence-corrected chi connectivity index (χ4v) is 1.90. The molecule has 0 bridgehead atoms. The topological polar surface area (TPSA) is 135 Å². The van der Waals surface area contributed by atoms with Crippen molar-refractivity contribution >= 4 is 23.9 Å². The molecule has 0 radical (unpaired) electrons. The number of esters is 1. The Morgan fingerprint density at radius 2 is 1.92 bits per heavy atom. The van der Waals surface area contributed by atoms with Gasteiger partial charge in [0, 0.05) is 11.6 Å². The predicted octanol–water partition coefficient (Wildman–Crippen LogP) is 1.40. The van der Waals surface area contributed by atoms with Crippen LogP contribution in [0.4, 0.5) is 20.7 Å². The minimum atomic E-state index is -3.05. The first kappa shape index (κ1) is 18.8. The van der Waals surface area contributed by atoms with Gasteiger partial charge < -0.3 is 25.7 Å². The van der Waals surface area contributed by atoms with Crippen molar-refractivity contribution in [2.24, 2.45) is 0 Å². The van der Waals surface area contributed by atoms with Crippen LogP contribution in [-0.4, -0.2) is 34.6 Å². The van der Waals surface area contributed by atoms with Gasteiger partial charge in [-0.15, -0.1) is 0 Å². The Bertz CT molecular complexity index is 796. The van der Waals surface area contributed by atoms with E-state index in [1.807, 2.05) is 0 Å². The van der Waals surface area contributed by atoms with Gasteiger partial charge in [0.1, 0.15) is 0 Å². The van der Waals surface area contributed by atoms with E-state index in [9.17, 15) is 13.6 Å². The smallest absolute Gasteiger partial charge is 0.387 e. The molecule has 0 atom stereocenters. The van der Waals surface area contributed by atoms with Crippen molar-refractivity contribution in [1.29, 1.82) is 0 Å². The summed E-state index contributed by atoms with van der Waals surface area (Å²) >= 11 is 0. The van der Waals surface area contributed by atoms with Crippen LogP contribution in [0.5, 0.6) is 11.5 Å². The van der Waals surface area contributed by atoms with E-state index in [0.717, 1.165) is 6.08 Å². The van der Waals surface area contributed by atoms with E-state index in [1.54, 1.807) is 6.07 Å². The van der Waals surface area contributed by atoms with E-state index in [4.69, 9.17) is 20.9 Å². The van der Waals surface area contributed by atoms with Crippen LogP contribution in [0.1, 0.15) is 11.4 Å². The molecule has 26 heavy (non-hydrogen) atoms. The number of carbonyl (C=O) groups excluding carboxylic acids is 1. The van der Waals surface area contributed by atoms with Gasteiger partial charge >= 0.3 is 12.6 Å². The molecule has 0 saturated carbocycles. The van der Waals surface area contributed by atoms with Crippen LogP contribution in [-0.2, 0) is 16.1 Å². The first-order valence-electron chi connectivity index (χ1n) is 7.11. The Morgan fingerprint density at radius 1 is 1.23 bits per heavy atom.